The van der Waals surface area contributed by atoms with Crippen molar-refractivity contribution in [3.8, 4) is 0 Å². The molecule has 1 aliphatic heterocycles. The van der Waals surface area contributed by atoms with Crippen LogP contribution in [-0.4, -0.2) is 31.5 Å². The molecule has 0 saturated heterocycles. The number of carbonyl (C=O) groups excluding carboxylic acids is 1. The lowest BCUT2D eigenvalue weighted by Crippen LogP contribution is -2.44. The summed E-state index contributed by atoms with van der Waals surface area (Å²) in [5.41, 5.74) is 0.628. The molecule has 172 valence electrons. The number of hydrogen-bond acceptors (Lipinski definition) is 5. The zero-order valence-corrected chi connectivity index (χ0v) is 19.8. The maximum Gasteiger partial charge on any atom is 0.313 e. The second kappa shape index (κ2) is 9.88. The molecule has 0 saturated carbocycles. The number of benzene rings is 2. The first-order chi connectivity index (χ1) is 15.1. The van der Waals surface area contributed by atoms with Crippen molar-refractivity contribution in [2.24, 2.45) is 11.3 Å². The van der Waals surface area contributed by atoms with Crippen LogP contribution >= 0.6 is 0 Å². The summed E-state index contributed by atoms with van der Waals surface area (Å²) in [5.74, 6) is -0.973. The van der Waals surface area contributed by atoms with Crippen molar-refractivity contribution in [2.75, 3.05) is 6.61 Å². The molecule has 3 rings (SSSR count). The van der Waals surface area contributed by atoms with Gasteiger partial charge in [0.15, 0.2) is 0 Å². The fraction of sp³-hybridized carbons (Fsp3) is 0.400. The van der Waals surface area contributed by atoms with Gasteiger partial charge in [0.2, 0.25) is 0 Å². The first kappa shape index (κ1) is 24.0. The summed E-state index contributed by atoms with van der Waals surface area (Å²) in [6.07, 6.45) is 1.91. The van der Waals surface area contributed by atoms with Gasteiger partial charge >= 0.3 is 5.97 Å². The zero-order chi connectivity index (χ0) is 23.4. The van der Waals surface area contributed by atoms with Crippen molar-refractivity contribution in [1.29, 1.82) is 0 Å². The Morgan fingerprint density at radius 2 is 1.66 bits per heavy atom. The summed E-state index contributed by atoms with van der Waals surface area (Å²) < 4.78 is 39.8. The van der Waals surface area contributed by atoms with Gasteiger partial charge in [0.1, 0.15) is 6.23 Å². The Kier molecular flexibility index (Phi) is 7.41. The van der Waals surface area contributed by atoms with E-state index in [2.05, 4.69) is 0 Å². The number of nitrogens with zero attached hydrogens (tertiary/aromatic N) is 1. The highest BCUT2D eigenvalue weighted by Gasteiger charge is 2.40. The molecule has 3 atom stereocenters. The molecule has 0 bridgehead atoms. The van der Waals surface area contributed by atoms with Crippen molar-refractivity contribution >= 4 is 16.0 Å². The molecule has 0 N–H and O–H groups in total. The monoisotopic (exact) mass is 457 g/mol. The van der Waals surface area contributed by atoms with Crippen LogP contribution in [0.1, 0.15) is 45.8 Å². The van der Waals surface area contributed by atoms with Crippen molar-refractivity contribution in [3.05, 3.63) is 78.5 Å². The Morgan fingerprint density at radius 1 is 1.06 bits per heavy atom. The zero-order valence-electron chi connectivity index (χ0n) is 19.0. The largest absolute Gasteiger partial charge is 0.466 e. The van der Waals surface area contributed by atoms with Gasteiger partial charge < -0.3 is 9.47 Å². The molecule has 7 heteroatoms. The number of hydrogen-bond donors (Lipinski definition) is 0. The highest BCUT2D eigenvalue weighted by Crippen LogP contribution is 2.40. The molecule has 0 fully saturated rings. The smallest absolute Gasteiger partial charge is 0.313 e. The predicted octanol–water partition coefficient (Wildman–Crippen LogP) is 4.90. The van der Waals surface area contributed by atoms with E-state index in [9.17, 15) is 13.2 Å². The van der Waals surface area contributed by atoms with Gasteiger partial charge in [-0.1, -0.05) is 75.4 Å². The second-order valence-electron chi connectivity index (χ2n) is 8.83. The van der Waals surface area contributed by atoms with E-state index in [0.29, 0.717) is 0 Å². The fourth-order valence-electron chi connectivity index (χ4n) is 3.74. The summed E-state index contributed by atoms with van der Waals surface area (Å²) in [7, 11) is -3.88. The van der Waals surface area contributed by atoms with Gasteiger partial charge in [-0.25, -0.2) is 12.7 Å². The minimum atomic E-state index is -3.88. The van der Waals surface area contributed by atoms with Crippen LogP contribution in [0.5, 0.6) is 0 Å². The van der Waals surface area contributed by atoms with Crippen LogP contribution < -0.4 is 0 Å². The maximum absolute atomic E-state index is 13.4. The molecule has 1 heterocycles. The molecule has 0 spiro atoms. The van der Waals surface area contributed by atoms with Gasteiger partial charge in [-0.3, -0.25) is 4.79 Å². The van der Waals surface area contributed by atoms with Gasteiger partial charge in [-0.15, -0.1) is 0 Å². The second-order valence-corrected chi connectivity index (χ2v) is 10.7. The first-order valence-electron chi connectivity index (χ1n) is 10.8. The Balaban J connectivity index is 2.01. The number of sulfonamides is 1. The average Bonchev–Trinajstić information content (AvgIpc) is 2.78. The SMILES string of the molecule is CCOC(=O)[C@@H]1C=CN(S(=O)(=O)c2ccccc2)[C@H](O[C@@H](c2ccccc2)C(C)(C)C)C1. The van der Waals surface area contributed by atoms with Crippen LogP contribution in [0.25, 0.3) is 0 Å². The predicted molar refractivity (Wildman–Crippen MR) is 123 cm³/mol. The lowest BCUT2D eigenvalue weighted by atomic mass is 9.84. The molecule has 0 aromatic heterocycles. The normalized spacial score (nSPS) is 20.1. The number of carbonyl (C=O) groups is 1. The van der Waals surface area contributed by atoms with E-state index in [1.54, 1.807) is 43.3 Å². The molecule has 0 amide bonds. The minimum Gasteiger partial charge on any atom is -0.466 e. The molecule has 6 nitrogen and oxygen atoms in total. The Bertz CT molecular complexity index is 1030. The van der Waals surface area contributed by atoms with Crippen LogP contribution in [0.3, 0.4) is 0 Å². The maximum atomic E-state index is 13.4. The molecular weight excluding hydrogens is 426 g/mol. The van der Waals surface area contributed by atoms with Crippen LogP contribution in [0, 0.1) is 11.3 Å². The summed E-state index contributed by atoms with van der Waals surface area (Å²) in [6, 6.07) is 17.9. The third-order valence-electron chi connectivity index (χ3n) is 5.29. The molecule has 32 heavy (non-hydrogen) atoms. The summed E-state index contributed by atoms with van der Waals surface area (Å²) in [6.45, 7) is 8.14. The van der Waals surface area contributed by atoms with E-state index in [1.165, 1.54) is 10.5 Å². The molecule has 1 aliphatic rings. The summed E-state index contributed by atoms with van der Waals surface area (Å²) in [4.78, 5) is 12.6. The highest BCUT2D eigenvalue weighted by molar-refractivity contribution is 7.89. The van der Waals surface area contributed by atoms with E-state index in [-0.39, 0.29) is 29.3 Å². The van der Waals surface area contributed by atoms with Crippen molar-refractivity contribution in [1.82, 2.24) is 4.31 Å². The molecule has 2 aromatic carbocycles. The van der Waals surface area contributed by atoms with E-state index >= 15 is 0 Å². The third-order valence-corrected chi connectivity index (χ3v) is 7.07. The lowest BCUT2D eigenvalue weighted by Gasteiger charge is -2.40. The first-order valence-corrected chi connectivity index (χ1v) is 12.2. The van der Waals surface area contributed by atoms with E-state index < -0.39 is 28.3 Å². The Hall–Kier alpha value is -2.64. The van der Waals surface area contributed by atoms with Crippen LogP contribution in [-0.2, 0) is 24.3 Å². The molecule has 2 aromatic rings. The average molecular weight is 458 g/mol. The number of esters is 1. The highest BCUT2D eigenvalue weighted by atomic mass is 32.2. The van der Waals surface area contributed by atoms with Gasteiger partial charge in [0, 0.05) is 12.6 Å². The quantitative estimate of drug-likeness (QED) is 0.553. The summed E-state index contributed by atoms with van der Waals surface area (Å²) in [5, 5.41) is 0. The third kappa shape index (κ3) is 5.40. The standard InChI is InChI=1S/C25H31NO5S/c1-5-30-24(27)20-16-17-26(32(28,29)21-14-10-7-11-15-21)22(18-20)31-23(25(2,3)4)19-12-8-6-9-13-19/h6-17,20,22-23H,5,18H2,1-4H3/t20-,22-,23+/m1/s1. The van der Waals surface area contributed by atoms with Gasteiger partial charge in [0.05, 0.1) is 23.5 Å². The van der Waals surface area contributed by atoms with Crippen LogP contribution in [0.4, 0.5) is 0 Å². The van der Waals surface area contributed by atoms with E-state index in [0.717, 1.165) is 5.56 Å². The van der Waals surface area contributed by atoms with Crippen LogP contribution in [0.2, 0.25) is 0 Å². The van der Waals surface area contributed by atoms with Crippen molar-refractivity contribution < 1.29 is 22.7 Å². The molecule has 0 aliphatic carbocycles. The molecular formula is C25H31NO5S. The van der Waals surface area contributed by atoms with Gasteiger partial charge in [0.25, 0.3) is 10.0 Å². The van der Waals surface area contributed by atoms with Crippen LogP contribution in [0.15, 0.2) is 77.8 Å². The van der Waals surface area contributed by atoms with Crippen molar-refractivity contribution in [3.63, 3.8) is 0 Å². The fourth-order valence-corrected chi connectivity index (χ4v) is 5.16. The molecule has 0 radical (unpaired) electrons. The Labute approximate surface area is 190 Å². The van der Waals surface area contributed by atoms with Crippen molar-refractivity contribution in [2.45, 2.75) is 51.3 Å². The Morgan fingerprint density at radius 3 is 2.22 bits per heavy atom. The topological polar surface area (TPSA) is 72.9 Å². The number of rotatable bonds is 7. The summed E-state index contributed by atoms with van der Waals surface area (Å²) >= 11 is 0. The van der Waals surface area contributed by atoms with E-state index in [4.69, 9.17) is 9.47 Å². The van der Waals surface area contributed by atoms with Gasteiger partial charge in [-0.05, 0) is 30.0 Å². The van der Waals surface area contributed by atoms with E-state index in [1.807, 2.05) is 51.1 Å². The van der Waals surface area contributed by atoms with Gasteiger partial charge in [-0.2, -0.15) is 0 Å². The minimum absolute atomic E-state index is 0.167. The lowest BCUT2D eigenvalue weighted by molar-refractivity contribution is -0.152. The number of ether oxygens (including phenoxy) is 2. The molecule has 0 unspecified atom stereocenters.